The molecule has 21 heavy (non-hydrogen) atoms. The molecule has 0 fully saturated rings. The number of hydrogen-bond donors (Lipinski definition) is 0. The Bertz CT molecular complexity index is 726. The van der Waals surface area contributed by atoms with Crippen LogP contribution in [0.4, 0.5) is 0 Å². The summed E-state index contributed by atoms with van der Waals surface area (Å²) >= 11 is 6.00. The average Bonchev–Trinajstić information content (AvgIpc) is 2.55. The lowest BCUT2D eigenvalue weighted by Crippen LogP contribution is -1.88. The maximum Gasteiger partial charge on any atom is 0.0406 e. The lowest BCUT2D eigenvalue weighted by Gasteiger charge is -2.09. The maximum atomic E-state index is 6.00. The van der Waals surface area contributed by atoms with Gasteiger partial charge < -0.3 is 0 Å². The second kappa shape index (κ2) is 6.43. The van der Waals surface area contributed by atoms with E-state index in [1.165, 1.54) is 16.7 Å². The van der Waals surface area contributed by atoms with Gasteiger partial charge in [0, 0.05) is 5.02 Å². The van der Waals surface area contributed by atoms with Gasteiger partial charge in [0.25, 0.3) is 0 Å². The fourth-order valence-corrected chi connectivity index (χ4v) is 2.42. The molecule has 3 aromatic rings. The lowest BCUT2D eigenvalue weighted by atomic mass is 9.96. The van der Waals surface area contributed by atoms with Crippen LogP contribution in [0.5, 0.6) is 0 Å². The van der Waals surface area contributed by atoms with Crippen molar-refractivity contribution in [1.82, 2.24) is 0 Å². The van der Waals surface area contributed by atoms with Crippen LogP contribution in [0, 0.1) is 0 Å². The Balaban J connectivity index is 2.12. The van der Waals surface area contributed by atoms with E-state index in [-0.39, 0.29) is 0 Å². The predicted molar refractivity (Wildman–Crippen MR) is 91.3 cm³/mol. The standard InChI is InChI=1S/C20H15Cl/c21-19-13-11-18(12-14-19)20(17-9-5-2-6-10-17)15-16-7-3-1-4-8-16/h1-15H/b20-15+. The Hall–Kier alpha value is -2.31. The molecule has 0 saturated heterocycles. The van der Waals surface area contributed by atoms with Crippen LogP contribution in [-0.2, 0) is 0 Å². The van der Waals surface area contributed by atoms with E-state index >= 15 is 0 Å². The lowest BCUT2D eigenvalue weighted by molar-refractivity contribution is 1.55. The largest absolute Gasteiger partial charge is 0.0843 e. The number of halogens is 1. The smallest absolute Gasteiger partial charge is 0.0406 e. The van der Waals surface area contributed by atoms with Crippen LogP contribution in [0.1, 0.15) is 16.7 Å². The van der Waals surface area contributed by atoms with E-state index in [9.17, 15) is 0 Å². The Morgan fingerprint density at radius 1 is 0.619 bits per heavy atom. The van der Waals surface area contributed by atoms with E-state index < -0.39 is 0 Å². The molecule has 0 aliphatic rings. The van der Waals surface area contributed by atoms with Crippen LogP contribution >= 0.6 is 11.6 Å². The number of hydrogen-bond acceptors (Lipinski definition) is 0. The Kier molecular flexibility index (Phi) is 4.18. The molecule has 1 heteroatoms. The predicted octanol–water partition coefficient (Wildman–Crippen LogP) is 5.93. The van der Waals surface area contributed by atoms with Gasteiger partial charge in [0.05, 0.1) is 0 Å². The van der Waals surface area contributed by atoms with Crippen molar-refractivity contribution in [3.63, 3.8) is 0 Å². The first kappa shape index (κ1) is 13.7. The third kappa shape index (κ3) is 3.42. The molecular weight excluding hydrogens is 276 g/mol. The topological polar surface area (TPSA) is 0 Å². The second-order valence-electron chi connectivity index (χ2n) is 4.84. The van der Waals surface area contributed by atoms with Crippen molar-refractivity contribution in [2.45, 2.75) is 0 Å². The molecule has 0 aliphatic carbocycles. The molecule has 3 aromatic carbocycles. The fourth-order valence-electron chi connectivity index (χ4n) is 2.30. The van der Waals surface area contributed by atoms with Gasteiger partial charge in [-0.2, -0.15) is 0 Å². The molecule has 0 aromatic heterocycles. The summed E-state index contributed by atoms with van der Waals surface area (Å²) in [6, 6.07) is 28.7. The molecule has 0 aliphatic heterocycles. The monoisotopic (exact) mass is 290 g/mol. The first-order valence-corrected chi connectivity index (χ1v) is 7.29. The molecule has 0 unspecified atom stereocenters. The molecule has 0 amide bonds. The van der Waals surface area contributed by atoms with Crippen molar-refractivity contribution in [2.75, 3.05) is 0 Å². The third-order valence-corrected chi connectivity index (χ3v) is 3.60. The van der Waals surface area contributed by atoms with Gasteiger partial charge in [-0.15, -0.1) is 0 Å². The molecule has 0 radical (unpaired) electrons. The van der Waals surface area contributed by atoms with Crippen molar-refractivity contribution < 1.29 is 0 Å². The van der Waals surface area contributed by atoms with E-state index in [2.05, 4.69) is 66.7 Å². The summed E-state index contributed by atoms with van der Waals surface area (Å²) in [5.74, 6) is 0. The fraction of sp³-hybridized carbons (Fsp3) is 0. The Morgan fingerprint density at radius 2 is 1.14 bits per heavy atom. The summed E-state index contributed by atoms with van der Waals surface area (Å²) in [7, 11) is 0. The van der Waals surface area contributed by atoms with Crippen LogP contribution < -0.4 is 0 Å². The van der Waals surface area contributed by atoms with Gasteiger partial charge in [0.1, 0.15) is 0 Å². The molecule has 102 valence electrons. The minimum Gasteiger partial charge on any atom is -0.0843 e. The summed E-state index contributed by atoms with van der Waals surface area (Å²) in [5.41, 5.74) is 4.74. The van der Waals surface area contributed by atoms with E-state index in [4.69, 9.17) is 11.6 Å². The van der Waals surface area contributed by atoms with Gasteiger partial charge in [-0.05, 0) is 40.5 Å². The summed E-state index contributed by atoms with van der Waals surface area (Å²) in [6.07, 6.45) is 2.21. The minimum absolute atomic E-state index is 0.755. The van der Waals surface area contributed by atoms with Crippen LogP contribution in [0.15, 0.2) is 84.9 Å². The molecule has 0 nitrogen and oxygen atoms in total. The van der Waals surface area contributed by atoms with Crippen molar-refractivity contribution in [2.24, 2.45) is 0 Å². The summed E-state index contributed by atoms with van der Waals surface area (Å²) < 4.78 is 0. The molecular formula is C20H15Cl. The SMILES string of the molecule is Clc1ccc(/C(=C/c2ccccc2)c2ccccc2)cc1. The van der Waals surface area contributed by atoms with E-state index in [1.807, 2.05) is 24.3 Å². The zero-order valence-corrected chi connectivity index (χ0v) is 12.3. The zero-order chi connectivity index (χ0) is 14.5. The van der Waals surface area contributed by atoms with Crippen molar-refractivity contribution in [3.8, 4) is 0 Å². The van der Waals surface area contributed by atoms with E-state index in [0.29, 0.717) is 0 Å². The highest BCUT2D eigenvalue weighted by atomic mass is 35.5. The zero-order valence-electron chi connectivity index (χ0n) is 11.5. The first-order valence-electron chi connectivity index (χ1n) is 6.91. The molecule has 3 rings (SSSR count). The summed E-state index contributed by atoms with van der Waals surface area (Å²) in [6.45, 7) is 0. The third-order valence-electron chi connectivity index (χ3n) is 3.35. The number of rotatable bonds is 3. The van der Waals surface area contributed by atoms with Gasteiger partial charge in [-0.3, -0.25) is 0 Å². The second-order valence-corrected chi connectivity index (χ2v) is 5.28. The summed E-state index contributed by atoms with van der Waals surface area (Å²) in [4.78, 5) is 0. The minimum atomic E-state index is 0.755. The van der Waals surface area contributed by atoms with Gasteiger partial charge >= 0.3 is 0 Å². The molecule has 0 atom stereocenters. The summed E-state index contributed by atoms with van der Waals surface area (Å²) in [5, 5.41) is 0.755. The molecule has 0 saturated carbocycles. The van der Waals surface area contributed by atoms with E-state index in [1.54, 1.807) is 0 Å². The molecule has 0 spiro atoms. The van der Waals surface area contributed by atoms with Crippen molar-refractivity contribution >= 4 is 23.3 Å². The maximum absolute atomic E-state index is 6.00. The van der Waals surface area contributed by atoms with Crippen LogP contribution in [-0.4, -0.2) is 0 Å². The molecule has 0 bridgehead atoms. The molecule has 0 N–H and O–H groups in total. The van der Waals surface area contributed by atoms with Gasteiger partial charge in [-0.1, -0.05) is 84.4 Å². The van der Waals surface area contributed by atoms with E-state index in [0.717, 1.165) is 10.6 Å². The highest BCUT2D eigenvalue weighted by molar-refractivity contribution is 6.30. The van der Waals surface area contributed by atoms with Gasteiger partial charge in [0.15, 0.2) is 0 Å². The highest BCUT2D eigenvalue weighted by Crippen LogP contribution is 2.27. The highest BCUT2D eigenvalue weighted by Gasteiger charge is 2.05. The number of benzene rings is 3. The quantitative estimate of drug-likeness (QED) is 0.525. The van der Waals surface area contributed by atoms with Crippen LogP contribution in [0.3, 0.4) is 0 Å². The average molecular weight is 291 g/mol. The normalized spacial score (nSPS) is 11.4. The Morgan fingerprint density at radius 3 is 1.76 bits per heavy atom. The first-order chi connectivity index (χ1) is 10.3. The van der Waals surface area contributed by atoms with Crippen molar-refractivity contribution in [3.05, 3.63) is 107 Å². The van der Waals surface area contributed by atoms with Gasteiger partial charge in [-0.25, -0.2) is 0 Å². The van der Waals surface area contributed by atoms with Crippen LogP contribution in [0.25, 0.3) is 11.6 Å². The van der Waals surface area contributed by atoms with Gasteiger partial charge in [0.2, 0.25) is 0 Å². The van der Waals surface area contributed by atoms with Crippen molar-refractivity contribution in [1.29, 1.82) is 0 Å². The Labute approximate surface area is 130 Å². The molecule has 0 heterocycles. The van der Waals surface area contributed by atoms with Crippen LogP contribution in [0.2, 0.25) is 5.02 Å².